The summed E-state index contributed by atoms with van der Waals surface area (Å²) < 4.78 is 17.5. The van der Waals surface area contributed by atoms with Gasteiger partial charge in [-0.15, -0.1) is 0 Å². The molecule has 0 saturated carbocycles. The predicted molar refractivity (Wildman–Crippen MR) is 56.3 cm³/mol. The van der Waals surface area contributed by atoms with Crippen molar-refractivity contribution in [2.75, 3.05) is 25.1 Å². The molecule has 1 aromatic carbocycles. The van der Waals surface area contributed by atoms with E-state index in [4.69, 9.17) is 0 Å². The van der Waals surface area contributed by atoms with Crippen LogP contribution in [0.3, 0.4) is 0 Å². The van der Waals surface area contributed by atoms with Crippen LogP contribution < -0.4 is 4.90 Å². The third-order valence-corrected chi connectivity index (χ3v) is 2.10. The monoisotopic (exact) mass is 211 g/mol. The highest BCUT2D eigenvalue weighted by atomic mass is 19.1. The van der Waals surface area contributed by atoms with E-state index in [-0.39, 0.29) is 18.3 Å². The third-order valence-electron chi connectivity index (χ3n) is 2.10. The molecule has 0 amide bonds. The van der Waals surface area contributed by atoms with Gasteiger partial charge in [0.2, 0.25) is 0 Å². The van der Waals surface area contributed by atoms with Crippen molar-refractivity contribution < 1.29 is 13.9 Å². The number of carbonyl (C=O) groups is 1. The van der Waals surface area contributed by atoms with Crippen LogP contribution in [-0.2, 0) is 9.53 Å². The van der Waals surface area contributed by atoms with Crippen molar-refractivity contribution in [2.24, 2.45) is 0 Å². The first-order valence-corrected chi connectivity index (χ1v) is 4.74. The smallest absolute Gasteiger partial charge is 0.325 e. The molecule has 15 heavy (non-hydrogen) atoms. The Hall–Kier alpha value is -1.58. The van der Waals surface area contributed by atoms with Crippen LogP contribution >= 0.6 is 0 Å². The Morgan fingerprint density at radius 3 is 2.80 bits per heavy atom. The second kappa shape index (κ2) is 5.34. The summed E-state index contributed by atoms with van der Waals surface area (Å²) in [6, 6.07) is 6.14. The summed E-state index contributed by atoms with van der Waals surface area (Å²) in [6.45, 7) is 2.66. The minimum atomic E-state index is -0.332. The highest BCUT2D eigenvalue weighted by molar-refractivity contribution is 5.75. The van der Waals surface area contributed by atoms with Crippen molar-refractivity contribution in [3.8, 4) is 0 Å². The first-order chi connectivity index (χ1) is 7.17. The van der Waals surface area contributed by atoms with E-state index in [2.05, 4.69) is 4.74 Å². The molecule has 4 heteroatoms. The topological polar surface area (TPSA) is 29.5 Å². The number of ether oxygens (including phenoxy) is 1. The van der Waals surface area contributed by atoms with Crippen LogP contribution in [0.5, 0.6) is 0 Å². The number of carbonyl (C=O) groups excluding carboxylic acids is 1. The molecule has 0 unspecified atom stereocenters. The lowest BCUT2D eigenvalue weighted by Crippen LogP contribution is -2.30. The molecular formula is C11H14FNO2. The number of hydrogen-bond acceptors (Lipinski definition) is 3. The van der Waals surface area contributed by atoms with Gasteiger partial charge >= 0.3 is 5.97 Å². The van der Waals surface area contributed by atoms with E-state index in [9.17, 15) is 9.18 Å². The van der Waals surface area contributed by atoms with Gasteiger partial charge in [-0.25, -0.2) is 4.39 Å². The molecule has 0 saturated heterocycles. The number of benzene rings is 1. The molecule has 0 bridgehead atoms. The van der Waals surface area contributed by atoms with E-state index >= 15 is 0 Å². The van der Waals surface area contributed by atoms with Crippen molar-refractivity contribution in [1.82, 2.24) is 0 Å². The molecule has 82 valence electrons. The van der Waals surface area contributed by atoms with Crippen LogP contribution in [0.25, 0.3) is 0 Å². The number of rotatable bonds is 4. The summed E-state index contributed by atoms with van der Waals surface area (Å²) >= 11 is 0. The van der Waals surface area contributed by atoms with Crippen LogP contribution in [0.1, 0.15) is 6.92 Å². The Balaban J connectivity index is 2.78. The fourth-order valence-electron chi connectivity index (χ4n) is 1.28. The van der Waals surface area contributed by atoms with Crippen LogP contribution in [0, 0.1) is 5.82 Å². The average molecular weight is 211 g/mol. The second-order valence-corrected chi connectivity index (χ2v) is 3.07. The van der Waals surface area contributed by atoms with Gasteiger partial charge in [0.05, 0.1) is 7.11 Å². The Morgan fingerprint density at radius 1 is 1.53 bits per heavy atom. The van der Waals surface area contributed by atoms with Gasteiger partial charge in [-0.3, -0.25) is 4.79 Å². The van der Waals surface area contributed by atoms with Crippen molar-refractivity contribution in [1.29, 1.82) is 0 Å². The van der Waals surface area contributed by atoms with Gasteiger partial charge in [-0.1, -0.05) is 6.07 Å². The van der Waals surface area contributed by atoms with Crippen molar-refractivity contribution in [3.05, 3.63) is 30.1 Å². The van der Waals surface area contributed by atoms with E-state index in [1.165, 1.54) is 19.2 Å². The SMILES string of the molecule is CCN(CC(=O)OC)c1cccc(F)c1. The normalized spacial score (nSPS) is 9.80. The van der Waals surface area contributed by atoms with Crippen LogP contribution in [0.4, 0.5) is 10.1 Å². The average Bonchev–Trinajstić information content (AvgIpc) is 2.25. The van der Waals surface area contributed by atoms with Gasteiger partial charge < -0.3 is 9.64 Å². The van der Waals surface area contributed by atoms with Crippen molar-refractivity contribution in [2.45, 2.75) is 6.92 Å². The molecule has 3 nitrogen and oxygen atoms in total. The predicted octanol–water partition coefficient (Wildman–Crippen LogP) is 1.83. The summed E-state index contributed by atoms with van der Waals surface area (Å²) in [5.41, 5.74) is 0.683. The lowest BCUT2D eigenvalue weighted by atomic mass is 10.3. The van der Waals surface area contributed by atoms with Gasteiger partial charge in [0.1, 0.15) is 12.4 Å². The number of hydrogen-bond donors (Lipinski definition) is 0. The summed E-state index contributed by atoms with van der Waals surface area (Å²) in [7, 11) is 1.34. The quantitative estimate of drug-likeness (QED) is 0.711. The molecule has 0 fully saturated rings. The second-order valence-electron chi connectivity index (χ2n) is 3.07. The van der Waals surface area contributed by atoms with E-state index in [0.29, 0.717) is 12.2 Å². The zero-order valence-electron chi connectivity index (χ0n) is 8.87. The molecule has 0 heterocycles. The molecule has 0 N–H and O–H groups in total. The molecule has 0 spiro atoms. The Morgan fingerprint density at radius 2 is 2.27 bits per heavy atom. The fourth-order valence-corrected chi connectivity index (χ4v) is 1.28. The van der Waals surface area contributed by atoms with Crippen molar-refractivity contribution in [3.63, 3.8) is 0 Å². The first-order valence-electron chi connectivity index (χ1n) is 4.74. The van der Waals surface area contributed by atoms with Crippen LogP contribution in [-0.4, -0.2) is 26.2 Å². The highest BCUT2D eigenvalue weighted by Crippen LogP contribution is 2.14. The largest absolute Gasteiger partial charge is 0.468 e. The molecule has 1 rings (SSSR count). The number of nitrogens with zero attached hydrogens (tertiary/aromatic N) is 1. The highest BCUT2D eigenvalue weighted by Gasteiger charge is 2.10. The summed E-state index contributed by atoms with van der Waals surface area (Å²) in [5.74, 6) is -0.642. The lowest BCUT2D eigenvalue weighted by molar-refractivity contribution is -0.138. The molecular weight excluding hydrogens is 197 g/mol. The molecule has 0 aliphatic rings. The molecule has 0 aromatic heterocycles. The molecule has 1 aromatic rings. The number of likely N-dealkylation sites (N-methyl/N-ethyl adjacent to an activating group) is 1. The minimum absolute atomic E-state index is 0.135. The summed E-state index contributed by atoms with van der Waals surface area (Å²) in [6.07, 6.45) is 0. The Labute approximate surface area is 88.5 Å². The molecule has 0 aliphatic carbocycles. The van der Waals surface area contributed by atoms with Gasteiger partial charge in [-0.05, 0) is 25.1 Å². The van der Waals surface area contributed by atoms with Crippen LogP contribution in [0.15, 0.2) is 24.3 Å². The number of esters is 1. The first kappa shape index (κ1) is 11.5. The maximum absolute atomic E-state index is 12.9. The van der Waals surface area contributed by atoms with E-state index in [1.807, 2.05) is 6.92 Å². The Kier molecular flexibility index (Phi) is 4.09. The maximum Gasteiger partial charge on any atom is 0.325 e. The zero-order valence-corrected chi connectivity index (χ0v) is 8.87. The molecule has 0 radical (unpaired) electrons. The standard InChI is InChI=1S/C11H14FNO2/c1-3-13(8-11(14)15-2)10-6-4-5-9(12)7-10/h4-7H,3,8H2,1-2H3. The van der Waals surface area contributed by atoms with Crippen LogP contribution in [0.2, 0.25) is 0 Å². The molecule has 0 aliphatic heterocycles. The Bertz CT molecular complexity index is 341. The van der Waals surface area contributed by atoms with E-state index < -0.39 is 0 Å². The summed E-state index contributed by atoms with van der Waals surface area (Å²) in [4.78, 5) is 12.8. The van der Waals surface area contributed by atoms with Crippen molar-refractivity contribution >= 4 is 11.7 Å². The zero-order chi connectivity index (χ0) is 11.3. The molecule has 0 atom stereocenters. The summed E-state index contributed by atoms with van der Waals surface area (Å²) in [5, 5.41) is 0. The third kappa shape index (κ3) is 3.23. The van der Waals surface area contributed by atoms with E-state index in [1.54, 1.807) is 17.0 Å². The maximum atomic E-state index is 12.9. The fraction of sp³-hybridized carbons (Fsp3) is 0.364. The lowest BCUT2D eigenvalue weighted by Gasteiger charge is -2.21. The van der Waals surface area contributed by atoms with Gasteiger partial charge in [0, 0.05) is 12.2 Å². The van der Waals surface area contributed by atoms with Gasteiger partial charge in [-0.2, -0.15) is 0 Å². The number of methoxy groups -OCH3 is 1. The minimum Gasteiger partial charge on any atom is -0.468 e. The van der Waals surface area contributed by atoms with Gasteiger partial charge in [0.25, 0.3) is 0 Å². The number of anilines is 1. The van der Waals surface area contributed by atoms with Gasteiger partial charge in [0.15, 0.2) is 0 Å². The number of halogens is 1. The van der Waals surface area contributed by atoms with E-state index in [0.717, 1.165) is 0 Å².